The maximum Gasteiger partial charge on any atom is 0.333 e. The lowest BCUT2D eigenvalue weighted by atomic mass is 9.93. The summed E-state index contributed by atoms with van der Waals surface area (Å²) in [4.78, 5) is 10.6. The van der Waals surface area contributed by atoms with Crippen molar-refractivity contribution in [2.24, 2.45) is 0 Å². The summed E-state index contributed by atoms with van der Waals surface area (Å²) in [5, 5.41) is 18.1. The van der Waals surface area contributed by atoms with Crippen LogP contribution in [0.25, 0.3) is 0 Å². The zero-order chi connectivity index (χ0) is 12.3. The van der Waals surface area contributed by atoms with Gasteiger partial charge in [0.25, 0.3) is 0 Å². The van der Waals surface area contributed by atoms with E-state index >= 15 is 0 Å². The largest absolute Gasteiger partial charge is 0.479 e. The number of benzene rings is 1. The predicted octanol–water partition coefficient (Wildman–Crippen LogP) is 2.36. The molecule has 0 aromatic heterocycles. The van der Waals surface area contributed by atoms with Crippen molar-refractivity contribution in [3.05, 3.63) is 35.4 Å². The van der Waals surface area contributed by atoms with Crippen molar-refractivity contribution in [1.29, 1.82) is 0 Å². The molecule has 2 atom stereocenters. The molecular formula is C13H18O3. The molecule has 2 N–H and O–H groups in total. The lowest BCUT2D eigenvalue weighted by Gasteiger charge is -2.16. The Morgan fingerprint density at radius 2 is 1.50 bits per heavy atom. The van der Waals surface area contributed by atoms with E-state index in [1.54, 1.807) is 6.92 Å². The molecule has 0 spiro atoms. The Morgan fingerprint density at radius 3 is 1.88 bits per heavy atom. The minimum atomic E-state index is -1.34. The van der Waals surface area contributed by atoms with Crippen molar-refractivity contribution < 1.29 is 15.0 Å². The lowest BCUT2D eigenvalue weighted by molar-refractivity contribution is -0.147. The summed E-state index contributed by atoms with van der Waals surface area (Å²) in [5.74, 6) is -1.12. The van der Waals surface area contributed by atoms with Crippen LogP contribution >= 0.6 is 0 Å². The number of aliphatic carboxylic acids is 1. The molecule has 16 heavy (non-hydrogen) atoms. The highest BCUT2D eigenvalue weighted by atomic mass is 16.4. The standard InChI is InChI=1S/C13H18O3/c1-8(2)10-4-6-11(7-5-10)9(3)12(14)13(15)16/h4-9,12,14H,1-3H3,(H,15,16). The van der Waals surface area contributed by atoms with Gasteiger partial charge in [0.05, 0.1) is 0 Å². The predicted molar refractivity (Wildman–Crippen MR) is 62.6 cm³/mol. The van der Waals surface area contributed by atoms with E-state index in [0.717, 1.165) is 5.56 Å². The highest BCUT2D eigenvalue weighted by Gasteiger charge is 2.22. The van der Waals surface area contributed by atoms with Gasteiger partial charge in [-0.1, -0.05) is 45.0 Å². The third-order valence-electron chi connectivity index (χ3n) is 2.86. The first kappa shape index (κ1) is 12.7. The van der Waals surface area contributed by atoms with Crippen LogP contribution in [0.2, 0.25) is 0 Å². The van der Waals surface area contributed by atoms with Crippen molar-refractivity contribution in [3.8, 4) is 0 Å². The molecule has 0 radical (unpaired) electrons. The highest BCUT2D eigenvalue weighted by Crippen LogP contribution is 2.22. The normalized spacial score (nSPS) is 14.8. The van der Waals surface area contributed by atoms with Gasteiger partial charge in [0.1, 0.15) is 0 Å². The quantitative estimate of drug-likeness (QED) is 0.822. The Labute approximate surface area is 95.7 Å². The molecule has 0 fully saturated rings. The second-order valence-electron chi connectivity index (χ2n) is 4.39. The maximum absolute atomic E-state index is 10.6. The van der Waals surface area contributed by atoms with E-state index in [1.807, 2.05) is 24.3 Å². The summed E-state index contributed by atoms with van der Waals surface area (Å²) in [6, 6.07) is 7.72. The van der Waals surface area contributed by atoms with Crippen LogP contribution in [0.4, 0.5) is 0 Å². The van der Waals surface area contributed by atoms with E-state index in [4.69, 9.17) is 5.11 Å². The molecular weight excluding hydrogens is 204 g/mol. The van der Waals surface area contributed by atoms with Gasteiger partial charge in [0.15, 0.2) is 6.10 Å². The molecule has 0 saturated carbocycles. The van der Waals surface area contributed by atoms with Crippen LogP contribution < -0.4 is 0 Å². The van der Waals surface area contributed by atoms with Crippen LogP contribution in [0.15, 0.2) is 24.3 Å². The van der Waals surface area contributed by atoms with Gasteiger partial charge in [0, 0.05) is 5.92 Å². The van der Waals surface area contributed by atoms with Crippen LogP contribution in [-0.2, 0) is 4.79 Å². The molecule has 2 unspecified atom stereocenters. The van der Waals surface area contributed by atoms with Crippen LogP contribution in [-0.4, -0.2) is 22.3 Å². The van der Waals surface area contributed by atoms with E-state index in [1.165, 1.54) is 5.56 Å². The molecule has 3 nitrogen and oxygen atoms in total. The SMILES string of the molecule is CC(C)c1ccc(C(C)C(O)C(=O)O)cc1. The highest BCUT2D eigenvalue weighted by molar-refractivity contribution is 5.73. The smallest absolute Gasteiger partial charge is 0.333 e. The van der Waals surface area contributed by atoms with E-state index in [-0.39, 0.29) is 0 Å². The first-order chi connectivity index (χ1) is 7.43. The van der Waals surface area contributed by atoms with Gasteiger partial charge in [-0.2, -0.15) is 0 Å². The first-order valence-electron chi connectivity index (χ1n) is 5.44. The summed E-state index contributed by atoms with van der Waals surface area (Å²) >= 11 is 0. The minimum Gasteiger partial charge on any atom is -0.479 e. The number of carboxylic acids is 1. The zero-order valence-electron chi connectivity index (χ0n) is 9.84. The van der Waals surface area contributed by atoms with Crippen LogP contribution in [0, 0.1) is 0 Å². The van der Waals surface area contributed by atoms with Crippen LogP contribution in [0.1, 0.15) is 43.7 Å². The fourth-order valence-electron chi connectivity index (χ4n) is 1.58. The molecule has 0 heterocycles. The summed E-state index contributed by atoms with van der Waals surface area (Å²) in [6.45, 7) is 5.91. The molecule has 1 aromatic rings. The van der Waals surface area contributed by atoms with Gasteiger partial charge in [-0.05, 0) is 17.0 Å². The molecule has 1 aromatic carbocycles. The molecule has 0 amide bonds. The summed E-state index contributed by atoms with van der Waals surface area (Å²) in [5.41, 5.74) is 2.06. The molecule has 0 aliphatic heterocycles. The third kappa shape index (κ3) is 2.83. The fraction of sp³-hybridized carbons (Fsp3) is 0.462. The summed E-state index contributed by atoms with van der Waals surface area (Å²) in [6.07, 6.45) is -1.34. The molecule has 1 rings (SSSR count). The number of hydrogen-bond donors (Lipinski definition) is 2. The second kappa shape index (κ2) is 5.12. The molecule has 0 aliphatic carbocycles. The summed E-state index contributed by atoms with van der Waals surface area (Å²) < 4.78 is 0. The van der Waals surface area contributed by atoms with Gasteiger partial charge < -0.3 is 10.2 Å². The third-order valence-corrected chi connectivity index (χ3v) is 2.86. The number of carbonyl (C=O) groups is 1. The van der Waals surface area contributed by atoms with E-state index in [9.17, 15) is 9.90 Å². The molecule has 0 saturated heterocycles. The van der Waals surface area contributed by atoms with Gasteiger partial charge in [-0.15, -0.1) is 0 Å². The molecule has 3 heteroatoms. The minimum absolute atomic E-state index is 0.390. The maximum atomic E-state index is 10.6. The number of hydrogen-bond acceptors (Lipinski definition) is 2. The number of aliphatic hydroxyl groups excluding tert-OH is 1. The Kier molecular flexibility index (Phi) is 4.07. The van der Waals surface area contributed by atoms with Crippen LogP contribution in [0.3, 0.4) is 0 Å². The fourth-order valence-corrected chi connectivity index (χ4v) is 1.58. The average Bonchev–Trinajstić information content (AvgIpc) is 2.27. The van der Waals surface area contributed by atoms with Crippen molar-refractivity contribution >= 4 is 5.97 Å². The van der Waals surface area contributed by atoms with Gasteiger partial charge in [-0.25, -0.2) is 4.79 Å². The zero-order valence-corrected chi connectivity index (χ0v) is 9.84. The van der Waals surface area contributed by atoms with Gasteiger partial charge in [0.2, 0.25) is 0 Å². The monoisotopic (exact) mass is 222 g/mol. The Morgan fingerprint density at radius 1 is 1.06 bits per heavy atom. The Hall–Kier alpha value is -1.35. The molecule has 0 bridgehead atoms. The van der Waals surface area contributed by atoms with E-state index in [2.05, 4.69) is 13.8 Å². The Bertz CT molecular complexity index is 354. The summed E-state index contributed by atoms with van der Waals surface area (Å²) in [7, 11) is 0. The van der Waals surface area contributed by atoms with Crippen molar-refractivity contribution in [3.63, 3.8) is 0 Å². The number of rotatable bonds is 4. The molecule has 0 aliphatic rings. The van der Waals surface area contributed by atoms with Gasteiger partial charge >= 0.3 is 5.97 Å². The topological polar surface area (TPSA) is 57.5 Å². The number of aliphatic hydroxyl groups is 1. The van der Waals surface area contributed by atoms with Crippen LogP contribution in [0.5, 0.6) is 0 Å². The second-order valence-corrected chi connectivity index (χ2v) is 4.39. The van der Waals surface area contributed by atoms with E-state index < -0.39 is 18.0 Å². The molecule has 88 valence electrons. The Balaban J connectivity index is 2.85. The van der Waals surface area contributed by atoms with Crippen molar-refractivity contribution in [2.75, 3.05) is 0 Å². The average molecular weight is 222 g/mol. The first-order valence-corrected chi connectivity index (χ1v) is 5.44. The van der Waals surface area contributed by atoms with E-state index in [0.29, 0.717) is 5.92 Å². The number of carboxylic acid groups (broad SMARTS) is 1. The van der Waals surface area contributed by atoms with Crippen molar-refractivity contribution in [2.45, 2.75) is 38.7 Å². The van der Waals surface area contributed by atoms with Crippen molar-refractivity contribution in [1.82, 2.24) is 0 Å². The lowest BCUT2D eigenvalue weighted by Crippen LogP contribution is -2.25. The van der Waals surface area contributed by atoms with Gasteiger partial charge in [-0.3, -0.25) is 0 Å².